The summed E-state index contributed by atoms with van der Waals surface area (Å²) in [6.07, 6.45) is 1.67. The second-order valence-corrected chi connectivity index (χ2v) is 7.06. The van der Waals surface area contributed by atoms with Gasteiger partial charge in [0.1, 0.15) is 23.7 Å². The molecule has 1 fully saturated rings. The maximum Gasteiger partial charge on any atom is 0.346 e. The molecular formula is C22H22N2O5. The van der Waals surface area contributed by atoms with E-state index in [9.17, 15) is 9.59 Å². The molecule has 2 aromatic rings. The van der Waals surface area contributed by atoms with E-state index in [1.165, 1.54) is 0 Å². The first-order valence-electron chi connectivity index (χ1n) is 9.33. The van der Waals surface area contributed by atoms with Gasteiger partial charge < -0.3 is 24.8 Å². The van der Waals surface area contributed by atoms with E-state index in [-0.39, 0.29) is 12.2 Å². The molecule has 2 aromatic carbocycles. The number of hydrogen-bond donors (Lipinski definition) is 2. The number of carbonyl (C=O) groups excluding carboxylic acids is 2. The minimum absolute atomic E-state index is 0.000547. The van der Waals surface area contributed by atoms with Gasteiger partial charge in [-0.15, -0.1) is 0 Å². The molecule has 0 unspecified atom stereocenters. The lowest BCUT2D eigenvalue weighted by Gasteiger charge is -2.18. The highest BCUT2D eigenvalue weighted by Crippen LogP contribution is 2.45. The Labute approximate surface area is 168 Å². The molecule has 7 nitrogen and oxygen atoms in total. The zero-order valence-electron chi connectivity index (χ0n) is 16.3. The number of amides is 1. The van der Waals surface area contributed by atoms with Crippen molar-refractivity contribution >= 4 is 17.6 Å². The normalized spacial score (nSPS) is 16.8. The van der Waals surface area contributed by atoms with Crippen LogP contribution in [0.5, 0.6) is 11.5 Å². The van der Waals surface area contributed by atoms with Crippen molar-refractivity contribution in [1.29, 1.82) is 0 Å². The van der Waals surface area contributed by atoms with Crippen LogP contribution in [-0.4, -0.2) is 32.7 Å². The molecule has 1 heterocycles. The average molecular weight is 394 g/mol. The molecule has 1 aliphatic carbocycles. The lowest BCUT2D eigenvalue weighted by Crippen LogP contribution is -2.37. The van der Waals surface area contributed by atoms with E-state index < -0.39 is 17.4 Å². The van der Waals surface area contributed by atoms with Crippen molar-refractivity contribution in [3.63, 3.8) is 0 Å². The fourth-order valence-corrected chi connectivity index (χ4v) is 3.44. The minimum Gasteiger partial charge on any atom is -0.497 e. The van der Waals surface area contributed by atoms with E-state index in [4.69, 9.17) is 14.2 Å². The largest absolute Gasteiger partial charge is 0.497 e. The number of anilines is 1. The summed E-state index contributed by atoms with van der Waals surface area (Å²) in [5, 5.41) is 6.14. The molecule has 0 bridgehead atoms. The maximum absolute atomic E-state index is 13.0. The summed E-state index contributed by atoms with van der Waals surface area (Å²) >= 11 is 0. The van der Waals surface area contributed by atoms with Gasteiger partial charge in [0.25, 0.3) is 5.91 Å². The van der Waals surface area contributed by atoms with Crippen molar-refractivity contribution in [2.75, 3.05) is 26.1 Å². The van der Waals surface area contributed by atoms with Crippen LogP contribution in [0.15, 0.2) is 59.8 Å². The Morgan fingerprint density at radius 2 is 1.69 bits per heavy atom. The number of methoxy groups -OCH3 is 2. The molecular weight excluding hydrogens is 372 g/mol. The van der Waals surface area contributed by atoms with E-state index in [0.29, 0.717) is 22.9 Å². The van der Waals surface area contributed by atoms with Gasteiger partial charge in [0.05, 0.1) is 25.5 Å². The Bertz CT molecular complexity index is 958. The maximum atomic E-state index is 13.0. The molecule has 0 saturated heterocycles. The van der Waals surface area contributed by atoms with E-state index in [2.05, 4.69) is 10.6 Å². The van der Waals surface area contributed by atoms with Crippen LogP contribution in [-0.2, 0) is 19.9 Å². The van der Waals surface area contributed by atoms with E-state index in [1.54, 1.807) is 32.4 Å². The molecule has 1 saturated carbocycles. The van der Waals surface area contributed by atoms with Gasteiger partial charge in [0.15, 0.2) is 0 Å². The van der Waals surface area contributed by atoms with Gasteiger partial charge in [-0.1, -0.05) is 30.3 Å². The number of benzene rings is 2. The zero-order chi connectivity index (χ0) is 20.4. The van der Waals surface area contributed by atoms with E-state index in [0.717, 1.165) is 18.4 Å². The van der Waals surface area contributed by atoms with Crippen LogP contribution in [0.25, 0.3) is 0 Å². The Kier molecular flexibility index (Phi) is 4.88. The van der Waals surface area contributed by atoms with Crippen molar-refractivity contribution in [1.82, 2.24) is 5.32 Å². The molecule has 150 valence electrons. The molecule has 1 amide bonds. The molecule has 29 heavy (non-hydrogen) atoms. The third kappa shape index (κ3) is 3.76. The Morgan fingerprint density at radius 1 is 1.03 bits per heavy atom. The summed E-state index contributed by atoms with van der Waals surface area (Å²) in [5.74, 6) is 0.101. The van der Waals surface area contributed by atoms with Gasteiger partial charge in [-0.2, -0.15) is 0 Å². The number of cyclic esters (lactones) is 1. The van der Waals surface area contributed by atoms with Crippen molar-refractivity contribution in [3.05, 3.63) is 65.4 Å². The molecule has 0 radical (unpaired) electrons. The Balaban J connectivity index is 1.59. The molecule has 0 atom stereocenters. The third-order valence-corrected chi connectivity index (χ3v) is 5.16. The minimum atomic E-state index is -0.635. The van der Waals surface area contributed by atoms with Gasteiger partial charge in [-0.05, 0) is 18.4 Å². The van der Waals surface area contributed by atoms with Crippen molar-refractivity contribution in [2.24, 2.45) is 0 Å². The fourth-order valence-electron chi connectivity index (χ4n) is 3.44. The van der Waals surface area contributed by atoms with Crippen molar-refractivity contribution in [3.8, 4) is 11.5 Å². The smallest absolute Gasteiger partial charge is 0.346 e. The number of nitrogens with one attached hydrogen (secondary N) is 2. The molecule has 0 spiro atoms. The topological polar surface area (TPSA) is 85.9 Å². The van der Waals surface area contributed by atoms with Crippen LogP contribution in [0.4, 0.5) is 5.69 Å². The second-order valence-electron chi connectivity index (χ2n) is 7.06. The summed E-state index contributed by atoms with van der Waals surface area (Å²) in [5.41, 5.74) is 1.65. The standard InChI is InChI=1S/C22H22N2O5/c1-27-16-10-15(11-17(12-16)28-2)23-18-13-29-21(26)19(18)20(25)24-22(8-9-22)14-6-4-3-5-7-14/h3-7,10-12,23H,8-9,13H2,1-2H3,(H,24,25). The van der Waals surface area contributed by atoms with Gasteiger partial charge in [-0.3, -0.25) is 4.79 Å². The Morgan fingerprint density at radius 3 is 2.28 bits per heavy atom. The van der Waals surface area contributed by atoms with Crippen LogP contribution < -0.4 is 20.1 Å². The number of carbonyl (C=O) groups is 2. The summed E-state index contributed by atoms with van der Waals surface area (Å²) < 4.78 is 15.7. The van der Waals surface area contributed by atoms with Crippen LogP contribution in [0.3, 0.4) is 0 Å². The molecule has 4 rings (SSSR count). The van der Waals surface area contributed by atoms with Gasteiger partial charge in [-0.25, -0.2) is 4.79 Å². The molecule has 2 aliphatic rings. The number of hydrogen-bond acceptors (Lipinski definition) is 6. The highest BCUT2D eigenvalue weighted by Gasteiger charge is 2.47. The summed E-state index contributed by atoms with van der Waals surface area (Å²) in [7, 11) is 3.11. The molecule has 2 N–H and O–H groups in total. The zero-order valence-corrected chi connectivity index (χ0v) is 16.3. The van der Waals surface area contributed by atoms with E-state index in [1.807, 2.05) is 30.3 Å². The van der Waals surface area contributed by atoms with Crippen LogP contribution in [0.2, 0.25) is 0 Å². The molecule has 0 aromatic heterocycles. The lowest BCUT2D eigenvalue weighted by molar-refractivity contribution is -0.137. The predicted molar refractivity (Wildman–Crippen MR) is 107 cm³/mol. The fraction of sp³-hybridized carbons (Fsp3) is 0.273. The van der Waals surface area contributed by atoms with Gasteiger partial charge in [0, 0.05) is 23.9 Å². The first kappa shape index (κ1) is 18.9. The van der Waals surface area contributed by atoms with E-state index >= 15 is 0 Å². The summed E-state index contributed by atoms with van der Waals surface area (Å²) in [6.45, 7) is -0.000547. The highest BCUT2D eigenvalue weighted by molar-refractivity contribution is 6.18. The summed E-state index contributed by atoms with van der Waals surface area (Å²) in [6, 6.07) is 15.0. The van der Waals surface area contributed by atoms with Gasteiger partial charge >= 0.3 is 5.97 Å². The third-order valence-electron chi connectivity index (χ3n) is 5.16. The number of rotatable bonds is 7. The Hall–Kier alpha value is -3.48. The molecule has 1 aliphatic heterocycles. The van der Waals surface area contributed by atoms with Crippen LogP contribution in [0, 0.1) is 0 Å². The van der Waals surface area contributed by atoms with Crippen LogP contribution in [0.1, 0.15) is 18.4 Å². The van der Waals surface area contributed by atoms with Crippen LogP contribution >= 0.6 is 0 Å². The SMILES string of the molecule is COc1cc(NC2=C(C(=O)NC3(c4ccccc4)CC3)C(=O)OC2)cc(OC)c1. The van der Waals surface area contributed by atoms with Gasteiger partial charge in [0.2, 0.25) is 0 Å². The number of ether oxygens (including phenoxy) is 3. The monoisotopic (exact) mass is 394 g/mol. The first-order chi connectivity index (χ1) is 14.0. The number of esters is 1. The average Bonchev–Trinajstić information content (AvgIpc) is 3.43. The first-order valence-corrected chi connectivity index (χ1v) is 9.33. The molecule has 7 heteroatoms. The highest BCUT2D eigenvalue weighted by atomic mass is 16.5. The lowest BCUT2D eigenvalue weighted by atomic mass is 10.0. The second kappa shape index (κ2) is 7.50. The summed E-state index contributed by atoms with van der Waals surface area (Å²) in [4.78, 5) is 25.2. The van der Waals surface area contributed by atoms with Crippen molar-refractivity contribution in [2.45, 2.75) is 18.4 Å². The quantitative estimate of drug-likeness (QED) is 0.555. The predicted octanol–water partition coefficient (Wildman–Crippen LogP) is 2.73. The van der Waals surface area contributed by atoms with Crippen molar-refractivity contribution < 1.29 is 23.8 Å².